The van der Waals surface area contributed by atoms with Crippen LogP contribution in [-0.2, 0) is 19.6 Å². The number of unbranched alkanes of at least 4 members (excludes halogenated alkanes) is 1. The number of benzene rings is 2. The number of hydrogen-bond donors (Lipinski definition) is 2. The van der Waals surface area contributed by atoms with E-state index in [2.05, 4.69) is 56.8 Å². The van der Waals surface area contributed by atoms with Crippen LogP contribution in [0.5, 0.6) is 0 Å². The molecule has 0 atom stereocenters. The van der Waals surface area contributed by atoms with E-state index in [0.29, 0.717) is 23.2 Å². The molecule has 2 N–H and O–H groups in total. The third-order valence-corrected chi connectivity index (χ3v) is 5.43. The minimum atomic E-state index is -0.131. The van der Waals surface area contributed by atoms with E-state index in [1.54, 1.807) is 0 Å². The van der Waals surface area contributed by atoms with Gasteiger partial charge in [0.15, 0.2) is 5.15 Å². The average Bonchev–Trinajstić information content (AvgIpc) is 3.41. The second-order valence-corrected chi connectivity index (χ2v) is 7.45. The number of aryl methyl sites for hydroxylation is 1. The first-order valence-electron chi connectivity index (χ1n) is 9.98. The van der Waals surface area contributed by atoms with Crippen molar-refractivity contribution in [3.63, 3.8) is 0 Å². The fourth-order valence-corrected chi connectivity index (χ4v) is 3.81. The fourth-order valence-electron chi connectivity index (χ4n) is 3.55. The van der Waals surface area contributed by atoms with E-state index in [1.807, 2.05) is 28.8 Å². The van der Waals surface area contributed by atoms with Crippen molar-refractivity contribution in [3.05, 3.63) is 70.8 Å². The predicted octanol–water partition coefficient (Wildman–Crippen LogP) is 3.89. The Morgan fingerprint density at radius 1 is 1.06 bits per heavy atom. The summed E-state index contributed by atoms with van der Waals surface area (Å²) in [5.41, 5.74) is 4.80. The molecule has 0 amide bonds. The SMILES string of the molecule is CCCCc1nc(Cl)c(CO)n1Cc1ccc(-c2ccccc2-c2nn[nH]n2)cc1.[Mg]. The number of nitrogens with zero attached hydrogens (tertiary/aromatic N) is 5. The molecule has 4 aromatic rings. The normalized spacial score (nSPS) is 10.8. The lowest BCUT2D eigenvalue weighted by Crippen LogP contribution is -2.09. The Labute approximate surface area is 202 Å². The number of imidazole rings is 1. The predicted molar refractivity (Wildman–Crippen MR) is 122 cm³/mol. The van der Waals surface area contributed by atoms with Crippen LogP contribution < -0.4 is 0 Å². The molecule has 2 aromatic carbocycles. The summed E-state index contributed by atoms with van der Waals surface area (Å²) in [6.07, 6.45) is 2.95. The summed E-state index contributed by atoms with van der Waals surface area (Å²) in [6, 6.07) is 16.3. The Morgan fingerprint density at radius 2 is 1.81 bits per heavy atom. The van der Waals surface area contributed by atoms with Gasteiger partial charge in [0.25, 0.3) is 0 Å². The van der Waals surface area contributed by atoms with Crippen molar-refractivity contribution in [1.82, 2.24) is 30.2 Å². The van der Waals surface area contributed by atoms with Gasteiger partial charge >= 0.3 is 0 Å². The standard InChI is InChI=1S/C22H23ClN6O.Mg/c1-2-3-8-20-24-21(23)19(14-30)29(20)13-15-9-11-16(12-10-15)17-6-4-5-7-18(17)22-25-27-28-26-22;/h4-7,9-12,30H,2-3,8,13-14H2,1H3,(H,25,26,27,28);. The molecule has 0 bridgehead atoms. The van der Waals surface area contributed by atoms with Gasteiger partial charge in [-0.2, -0.15) is 5.21 Å². The Bertz CT molecular complexity index is 1110. The summed E-state index contributed by atoms with van der Waals surface area (Å²) in [7, 11) is 0. The molecule has 156 valence electrons. The molecule has 0 aliphatic carbocycles. The molecule has 0 saturated heterocycles. The summed E-state index contributed by atoms with van der Waals surface area (Å²) < 4.78 is 2.03. The van der Waals surface area contributed by atoms with Crippen LogP contribution in [0.15, 0.2) is 48.5 Å². The Balaban J connectivity index is 0.00000272. The van der Waals surface area contributed by atoms with Gasteiger partial charge in [0.1, 0.15) is 5.82 Å². The van der Waals surface area contributed by atoms with Crippen molar-refractivity contribution in [1.29, 1.82) is 0 Å². The van der Waals surface area contributed by atoms with E-state index < -0.39 is 0 Å². The van der Waals surface area contributed by atoms with Crippen LogP contribution in [0.2, 0.25) is 5.15 Å². The largest absolute Gasteiger partial charge is 0.390 e. The van der Waals surface area contributed by atoms with Gasteiger partial charge in [-0.1, -0.05) is 73.5 Å². The number of hydrogen-bond acceptors (Lipinski definition) is 5. The molecule has 2 radical (unpaired) electrons. The van der Waals surface area contributed by atoms with Crippen molar-refractivity contribution >= 4 is 34.7 Å². The first kappa shape index (κ1) is 23.4. The fraction of sp³-hybridized carbons (Fsp3) is 0.273. The lowest BCUT2D eigenvalue weighted by atomic mass is 9.98. The first-order valence-corrected chi connectivity index (χ1v) is 10.4. The highest BCUT2D eigenvalue weighted by atomic mass is 35.5. The molecule has 2 aromatic heterocycles. The third-order valence-electron chi connectivity index (χ3n) is 5.13. The van der Waals surface area contributed by atoms with Crippen molar-refractivity contribution in [2.45, 2.75) is 39.3 Å². The molecule has 2 heterocycles. The number of nitrogens with one attached hydrogen (secondary N) is 1. The first-order chi connectivity index (χ1) is 14.7. The second kappa shape index (κ2) is 10.9. The summed E-state index contributed by atoms with van der Waals surface area (Å²) >= 11 is 6.26. The molecule has 9 heteroatoms. The average molecular weight is 447 g/mol. The zero-order valence-corrected chi connectivity index (χ0v) is 19.6. The maximum atomic E-state index is 9.77. The number of tetrazole rings is 1. The monoisotopic (exact) mass is 446 g/mol. The van der Waals surface area contributed by atoms with Crippen LogP contribution in [0.25, 0.3) is 22.5 Å². The van der Waals surface area contributed by atoms with Gasteiger partial charge in [-0.05, 0) is 28.3 Å². The third kappa shape index (κ3) is 5.15. The lowest BCUT2D eigenvalue weighted by molar-refractivity contribution is 0.271. The quantitative estimate of drug-likeness (QED) is 0.400. The van der Waals surface area contributed by atoms with Crippen LogP contribution in [0.4, 0.5) is 0 Å². The molecule has 31 heavy (non-hydrogen) atoms. The Morgan fingerprint density at radius 3 is 2.45 bits per heavy atom. The van der Waals surface area contributed by atoms with Gasteiger partial charge < -0.3 is 9.67 Å². The molecule has 0 aliphatic heterocycles. The molecule has 0 aliphatic rings. The van der Waals surface area contributed by atoms with Crippen LogP contribution in [0.3, 0.4) is 0 Å². The lowest BCUT2D eigenvalue weighted by Gasteiger charge is -2.12. The molecule has 7 nitrogen and oxygen atoms in total. The van der Waals surface area contributed by atoms with Gasteiger partial charge in [0, 0.05) is 41.6 Å². The summed E-state index contributed by atoms with van der Waals surface area (Å²) in [5.74, 6) is 1.48. The number of aromatic amines is 1. The number of rotatable bonds is 8. The van der Waals surface area contributed by atoms with Crippen molar-refractivity contribution < 1.29 is 5.11 Å². The minimum absolute atomic E-state index is 0. The van der Waals surface area contributed by atoms with Crippen LogP contribution in [0.1, 0.15) is 36.8 Å². The van der Waals surface area contributed by atoms with E-state index in [1.165, 1.54) is 0 Å². The molecular weight excluding hydrogens is 424 g/mol. The highest BCUT2D eigenvalue weighted by Gasteiger charge is 2.16. The zero-order valence-electron chi connectivity index (χ0n) is 17.4. The molecule has 0 saturated carbocycles. The van der Waals surface area contributed by atoms with Crippen LogP contribution >= 0.6 is 11.6 Å². The second-order valence-electron chi connectivity index (χ2n) is 7.09. The van der Waals surface area contributed by atoms with E-state index in [4.69, 9.17) is 11.6 Å². The maximum absolute atomic E-state index is 9.77. The van der Waals surface area contributed by atoms with Gasteiger partial charge in [-0.15, -0.1) is 10.2 Å². The highest BCUT2D eigenvalue weighted by Crippen LogP contribution is 2.30. The van der Waals surface area contributed by atoms with Gasteiger partial charge in [0.05, 0.1) is 12.3 Å². The van der Waals surface area contributed by atoms with Gasteiger partial charge in [-0.3, -0.25) is 0 Å². The summed E-state index contributed by atoms with van der Waals surface area (Å²) in [6.45, 7) is 2.63. The van der Waals surface area contributed by atoms with E-state index in [9.17, 15) is 5.11 Å². The van der Waals surface area contributed by atoms with Gasteiger partial charge in [0.2, 0.25) is 5.82 Å². The topological polar surface area (TPSA) is 92.5 Å². The van der Waals surface area contributed by atoms with Crippen LogP contribution in [-0.4, -0.2) is 58.3 Å². The maximum Gasteiger partial charge on any atom is 0.205 e. The van der Waals surface area contributed by atoms with E-state index in [0.717, 1.165) is 47.3 Å². The highest BCUT2D eigenvalue weighted by molar-refractivity contribution is 6.30. The Hall–Kier alpha value is -2.26. The van der Waals surface area contributed by atoms with Crippen molar-refractivity contribution in [3.8, 4) is 22.5 Å². The number of aliphatic hydroxyl groups is 1. The van der Waals surface area contributed by atoms with Crippen LogP contribution in [0, 0.1) is 0 Å². The van der Waals surface area contributed by atoms with Crippen molar-refractivity contribution in [2.24, 2.45) is 0 Å². The van der Waals surface area contributed by atoms with Gasteiger partial charge in [-0.25, -0.2) is 4.98 Å². The number of halogens is 1. The zero-order chi connectivity index (χ0) is 20.9. The smallest absolute Gasteiger partial charge is 0.205 e. The number of H-pyrrole nitrogens is 1. The summed E-state index contributed by atoms with van der Waals surface area (Å²) in [5, 5.41) is 24.5. The molecule has 4 rings (SSSR count). The minimum Gasteiger partial charge on any atom is -0.390 e. The Kier molecular flexibility index (Phi) is 8.19. The molecule has 0 unspecified atom stereocenters. The van der Waals surface area contributed by atoms with E-state index in [-0.39, 0.29) is 29.7 Å². The molecule has 0 spiro atoms. The number of aliphatic hydroxyl groups excluding tert-OH is 1. The number of aromatic nitrogens is 6. The summed E-state index contributed by atoms with van der Waals surface area (Å²) in [4.78, 5) is 4.47. The molecular formula is C22H23ClMgN6O. The van der Waals surface area contributed by atoms with Crippen molar-refractivity contribution in [2.75, 3.05) is 0 Å². The molecule has 0 fully saturated rings. The van der Waals surface area contributed by atoms with E-state index >= 15 is 0 Å².